The zero-order valence-corrected chi connectivity index (χ0v) is 17.4. The summed E-state index contributed by atoms with van der Waals surface area (Å²) in [5.41, 5.74) is 0. The molecule has 32 heavy (non-hydrogen) atoms. The van der Waals surface area contributed by atoms with Crippen molar-refractivity contribution in [3.05, 3.63) is 47.7 Å². The molecule has 0 spiro atoms. The first-order chi connectivity index (χ1) is 15.4. The Hall–Kier alpha value is -3.81. The molecule has 0 bridgehead atoms. The van der Waals surface area contributed by atoms with Crippen LogP contribution in [0.2, 0.25) is 0 Å². The number of thiophene rings is 1. The molecule has 4 heterocycles. The quantitative estimate of drug-likeness (QED) is 0.400. The number of ether oxygens (including phenoxy) is 2. The van der Waals surface area contributed by atoms with E-state index in [9.17, 15) is 13.2 Å². The summed E-state index contributed by atoms with van der Waals surface area (Å²) in [6.45, 7) is 0.248. The molecule has 0 unspecified atom stereocenters. The molecule has 0 aromatic carbocycles. The maximum atomic E-state index is 12.7. The third-order valence-corrected chi connectivity index (χ3v) is 5.10. The van der Waals surface area contributed by atoms with Gasteiger partial charge in [-0.25, -0.2) is 0 Å². The van der Waals surface area contributed by atoms with Gasteiger partial charge in [-0.1, -0.05) is 5.16 Å². The van der Waals surface area contributed by atoms with Gasteiger partial charge in [-0.3, -0.25) is 9.97 Å². The predicted molar refractivity (Wildman–Crippen MR) is 106 cm³/mol. The van der Waals surface area contributed by atoms with Gasteiger partial charge >= 0.3 is 12.1 Å². The molecule has 0 N–H and O–H groups in total. The number of rotatable bonds is 7. The molecular formula is C18H14F3N7O3S. The molecule has 166 valence electrons. The van der Waals surface area contributed by atoms with Crippen molar-refractivity contribution in [1.82, 2.24) is 30.1 Å². The second kappa shape index (κ2) is 8.74. The summed E-state index contributed by atoms with van der Waals surface area (Å²) < 4.78 is 52.9. The van der Waals surface area contributed by atoms with E-state index >= 15 is 0 Å². The van der Waals surface area contributed by atoms with E-state index in [1.807, 2.05) is 0 Å². The molecule has 0 fully saturated rings. The van der Waals surface area contributed by atoms with E-state index in [-0.39, 0.29) is 12.4 Å². The highest BCUT2D eigenvalue weighted by Crippen LogP contribution is 2.33. The summed E-state index contributed by atoms with van der Waals surface area (Å²) in [6, 6.07) is 3.34. The Kier molecular flexibility index (Phi) is 5.85. The van der Waals surface area contributed by atoms with Crippen molar-refractivity contribution in [2.45, 2.75) is 12.7 Å². The summed E-state index contributed by atoms with van der Waals surface area (Å²) in [5.74, 6) is -0.130. The Labute approximate surface area is 182 Å². The highest BCUT2D eigenvalue weighted by Gasteiger charge is 2.38. The van der Waals surface area contributed by atoms with E-state index in [1.54, 1.807) is 17.0 Å². The molecule has 4 aromatic heterocycles. The Bertz CT molecular complexity index is 1170. The van der Waals surface area contributed by atoms with E-state index in [0.717, 1.165) is 4.88 Å². The van der Waals surface area contributed by atoms with Gasteiger partial charge in [0.1, 0.15) is 0 Å². The van der Waals surface area contributed by atoms with Crippen LogP contribution in [0.5, 0.6) is 11.8 Å². The first kappa shape index (κ1) is 21.4. The molecule has 0 saturated carbocycles. The summed E-state index contributed by atoms with van der Waals surface area (Å²) in [7, 11) is 2.93. The second-order valence-corrected chi connectivity index (χ2v) is 7.28. The van der Waals surface area contributed by atoms with Crippen LogP contribution in [0.3, 0.4) is 0 Å². The van der Waals surface area contributed by atoms with Crippen LogP contribution < -0.4 is 14.4 Å². The van der Waals surface area contributed by atoms with Crippen molar-refractivity contribution < 1.29 is 27.2 Å². The minimum absolute atomic E-state index is 0.150. The van der Waals surface area contributed by atoms with Crippen molar-refractivity contribution in [3.63, 3.8) is 0 Å². The van der Waals surface area contributed by atoms with Crippen LogP contribution in [-0.4, -0.2) is 44.3 Å². The molecule has 0 aliphatic heterocycles. The topological polar surface area (TPSA) is 112 Å². The smallest absolute Gasteiger partial charge is 0.471 e. The van der Waals surface area contributed by atoms with Gasteiger partial charge in [-0.05, 0) is 12.1 Å². The molecule has 0 atom stereocenters. The molecule has 0 aliphatic rings. The number of hydrogen-bond acceptors (Lipinski definition) is 11. The highest BCUT2D eigenvalue weighted by molar-refractivity contribution is 7.15. The van der Waals surface area contributed by atoms with Gasteiger partial charge in [0.2, 0.25) is 17.6 Å². The average Bonchev–Trinajstić information content (AvgIpc) is 3.47. The van der Waals surface area contributed by atoms with Crippen molar-refractivity contribution in [1.29, 1.82) is 0 Å². The molecule has 0 saturated heterocycles. The molecule has 14 heteroatoms. The zero-order chi connectivity index (χ0) is 22.7. The fourth-order valence-corrected chi connectivity index (χ4v) is 3.51. The minimum Gasteiger partial charge on any atom is -0.480 e. The van der Waals surface area contributed by atoms with Gasteiger partial charge < -0.3 is 18.9 Å². The Morgan fingerprint density at radius 2 is 1.56 bits per heavy atom. The monoisotopic (exact) mass is 465 g/mol. The SMILES string of the molecule is COc1cncc(N(Cc2ccc(-c3noc(C(F)(F)F)n3)s2)c2cncc(OC)n2)n1. The van der Waals surface area contributed by atoms with Crippen molar-refractivity contribution >= 4 is 23.0 Å². The molecule has 10 nitrogen and oxygen atoms in total. The Morgan fingerprint density at radius 3 is 2.09 bits per heavy atom. The fraction of sp³-hybridized carbons (Fsp3) is 0.222. The highest BCUT2D eigenvalue weighted by atomic mass is 32.1. The van der Waals surface area contributed by atoms with Crippen LogP contribution in [0.15, 0.2) is 41.4 Å². The Balaban J connectivity index is 1.66. The molecular weight excluding hydrogens is 451 g/mol. The number of anilines is 2. The average molecular weight is 465 g/mol. The predicted octanol–water partition coefficient (Wildman–Crippen LogP) is 3.75. The third-order valence-electron chi connectivity index (χ3n) is 4.04. The van der Waals surface area contributed by atoms with Crippen LogP contribution in [0.4, 0.5) is 24.8 Å². The first-order valence-electron chi connectivity index (χ1n) is 8.87. The summed E-state index contributed by atoms with van der Waals surface area (Å²) >= 11 is 1.19. The lowest BCUT2D eigenvalue weighted by molar-refractivity contribution is -0.159. The first-order valence-corrected chi connectivity index (χ1v) is 9.68. The molecule has 0 radical (unpaired) electrons. The molecule has 0 amide bonds. The van der Waals surface area contributed by atoms with E-state index in [2.05, 4.69) is 34.6 Å². The van der Waals surface area contributed by atoms with Crippen molar-refractivity contribution in [2.24, 2.45) is 0 Å². The van der Waals surface area contributed by atoms with Crippen LogP contribution >= 0.6 is 11.3 Å². The second-order valence-electron chi connectivity index (χ2n) is 6.11. The van der Waals surface area contributed by atoms with Crippen LogP contribution in [0.1, 0.15) is 10.8 Å². The van der Waals surface area contributed by atoms with Gasteiger partial charge in [0.15, 0.2) is 11.6 Å². The number of halogens is 3. The number of aromatic nitrogens is 6. The van der Waals surface area contributed by atoms with Crippen molar-refractivity contribution in [2.75, 3.05) is 19.1 Å². The lowest BCUT2D eigenvalue weighted by Gasteiger charge is -2.22. The van der Waals surface area contributed by atoms with Gasteiger partial charge in [0.25, 0.3) is 0 Å². The van der Waals surface area contributed by atoms with Gasteiger partial charge in [0.05, 0.1) is 50.4 Å². The number of methoxy groups -OCH3 is 2. The van der Waals surface area contributed by atoms with E-state index in [1.165, 1.54) is 50.3 Å². The maximum absolute atomic E-state index is 12.7. The summed E-state index contributed by atoms with van der Waals surface area (Å²) in [4.78, 5) is 23.3. The van der Waals surface area contributed by atoms with Crippen LogP contribution in [0, 0.1) is 0 Å². The molecule has 0 aliphatic carbocycles. The number of alkyl halides is 3. The molecule has 4 aromatic rings. The van der Waals surface area contributed by atoms with Gasteiger partial charge in [-0.15, -0.1) is 11.3 Å². The van der Waals surface area contributed by atoms with Crippen molar-refractivity contribution in [3.8, 4) is 22.5 Å². The largest absolute Gasteiger partial charge is 0.480 e. The van der Waals surface area contributed by atoms with E-state index in [4.69, 9.17) is 9.47 Å². The fourth-order valence-electron chi connectivity index (χ4n) is 2.59. The van der Waals surface area contributed by atoms with Crippen LogP contribution in [-0.2, 0) is 12.7 Å². The summed E-state index contributed by atoms with van der Waals surface area (Å²) in [5, 5.41) is 3.42. The van der Waals surface area contributed by atoms with Gasteiger partial charge in [0, 0.05) is 4.88 Å². The summed E-state index contributed by atoms with van der Waals surface area (Å²) in [6.07, 6.45) is 1.24. The molecule has 4 rings (SSSR count). The van der Waals surface area contributed by atoms with Crippen LogP contribution in [0.25, 0.3) is 10.7 Å². The minimum atomic E-state index is -4.71. The maximum Gasteiger partial charge on any atom is 0.471 e. The lowest BCUT2D eigenvalue weighted by atomic mass is 10.3. The normalized spacial score (nSPS) is 11.4. The zero-order valence-electron chi connectivity index (χ0n) is 16.6. The van der Waals surface area contributed by atoms with E-state index < -0.39 is 12.1 Å². The standard InChI is InChI=1S/C18H14F3N7O3S/c1-29-14-7-22-5-12(24-14)28(13-6-23-8-15(25-13)30-2)9-10-3-4-11(32-10)16-26-17(31-27-16)18(19,20)21/h3-8H,9H2,1-2H3. The van der Waals surface area contributed by atoms with E-state index in [0.29, 0.717) is 28.3 Å². The third kappa shape index (κ3) is 4.59. The number of hydrogen-bond donors (Lipinski definition) is 0. The lowest BCUT2D eigenvalue weighted by Crippen LogP contribution is -2.19. The Morgan fingerprint density at radius 1 is 0.938 bits per heavy atom. The number of nitrogens with zero attached hydrogens (tertiary/aromatic N) is 7. The van der Waals surface area contributed by atoms with Gasteiger partial charge in [-0.2, -0.15) is 28.1 Å².